The molecule has 0 bridgehead atoms. The molecule has 0 aromatic heterocycles. The number of hydrogen-bond acceptors (Lipinski definition) is 3. The molecule has 1 heterocycles. The number of nitrogens with two attached hydrogens (primary N) is 1. The Hall–Kier alpha value is -0.610. The zero-order valence-corrected chi connectivity index (χ0v) is 11.0. The van der Waals surface area contributed by atoms with Gasteiger partial charge in [-0.2, -0.15) is 0 Å². The lowest BCUT2D eigenvalue weighted by Crippen LogP contribution is -2.56. The standard InChI is InChI=1S/C13H25N3O/c1-9-8-16(10(2)7-15-9)13(17)6-11-4-3-5-12(11)14/h9-12,15H,3-8,14H2,1-2H3/t9?,10?,11-,12+/m0/s1. The van der Waals surface area contributed by atoms with Crippen LogP contribution in [0.2, 0.25) is 0 Å². The maximum Gasteiger partial charge on any atom is 0.223 e. The third-order valence-corrected chi connectivity index (χ3v) is 4.24. The molecule has 0 spiro atoms. The fourth-order valence-corrected chi connectivity index (χ4v) is 3.03. The Balaban J connectivity index is 1.89. The molecule has 4 nitrogen and oxygen atoms in total. The monoisotopic (exact) mass is 239 g/mol. The summed E-state index contributed by atoms with van der Waals surface area (Å²) in [5, 5.41) is 3.40. The minimum absolute atomic E-state index is 0.245. The molecule has 1 amide bonds. The molecule has 4 atom stereocenters. The van der Waals surface area contributed by atoms with E-state index in [0.29, 0.717) is 30.3 Å². The van der Waals surface area contributed by atoms with Crippen LogP contribution in [0.25, 0.3) is 0 Å². The van der Waals surface area contributed by atoms with E-state index in [1.54, 1.807) is 0 Å². The van der Waals surface area contributed by atoms with Crippen LogP contribution in [0, 0.1) is 5.92 Å². The van der Waals surface area contributed by atoms with Gasteiger partial charge in [-0.25, -0.2) is 0 Å². The first-order valence-corrected chi connectivity index (χ1v) is 6.86. The second-order valence-electron chi connectivity index (χ2n) is 5.76. The van der Waals surface area contributed by atoms with Crippen molar-refractivity contribution in [2.45, 2.75) is 57.7 Å². The van der Waals surface area contributed by atoms with Crippen molar-refractivity contribution in [3.8, 4) is 0 Å². The topological polar surface area (TPSA) is 58.4 Å². The quantitative estimate of drug-likeness (QED) is 0.746. The molecule has 0 aromatic carbocycles. The smallest absolute Gasteiger partial charge is 0.223 e. The number of piperazine rings is 1. The van der Waals surface area contributed by atoms with Crippen LogP contribution in [0.4, 0.5) is 0 Å². The van der Waals surface area contributed by atoms with Gasteiger partial charge in [0, 0.05) is 37.6 Å². The summed E-state index contributed by atoms with van der Waals surface area (Å²) in [5.41, 5.74) is 6.04. The first-order valence-electron chi connectivity index (χ1n) is 6.86. The molecule has 2 unspecified atom stereocenters. The van der Waals surface area contributed by atoms with Crippen LogP contribution in [-0.4, -0.2) is 42.0 Å². The Bertz CT molecular complexity index is 282. The van der Waals surface area contributed by atoms with E-state index in [4.69, 9.17) is 5.73 Å². The van der Waals surface area contributed by atoms with Gasteiger partial charge in [-0.1, -0.05) is 6.42 Å². The molecule has 1 aliphatic heterocycles. The molecule has 1 aliphatic carbocycles. The highest BCUT2D eigenvalue weighted by Gasteiger charge is 2.31. The van der Waals surface area contributed by atoms with Crippen LogP contribution in [0.15, 0.2) is 0 Å². The zero-order chi connectivity index (χ0) is 12.4. The fraction of sp³-hybridized carbons (Fsp3) is 0.923. The normalized spacial score (nSPS) is 38.4. The summed E-state index contributed by atoms with van der Waals surface area (Å²) < 4.78 is 0. The Morgan fingerprint density at radius 1 is 1.41 bits per heavy atom. The third kappa shape index (κ3) is 2.99. The summed E-state index contributed by atoms with van der Waals surface area (Å²) in [5.74, 6) is 0.716. The van der Waals surface area contributed by atoms with Crippen LogP contribution in [0.3, 0.4) is 0 Å². The van der Waals surface area contributed by atoms with Crippen LogP contribution >= 0.6 is 0 Å². The van der Waals surface area contributed by atoms with E-state index in [0.717, 1.165) is 25.9 Å². The van der Waals surface area contributed by atoms with Crippen molar-refractivity contribution in [2.24, 2.45) is 11.7 Å². The average Bonchev–Trinajstić information content (AvgIpc) is 2.68. The van der Waals surface area contributed by atoms with E-state index in [2.05, 4.69) is 19.2 Å². The van der Waals surface area contributed by atoms with Gasteiger partial charge in [0.1, 0.15) is 0 Å². The van der Waals surface area contributed by atoms with Crippen molar-refractivity contribution in [3.63, 3.8) is 0 Å². The molecular weight excluding hydrogens is 214 g/mol. The predicted molar refractivity (Wildman–Crippen MR) is 68.6 cm³/mol. The maximum absolute atomic E-state index is 12.3. The third-order valence-electron chi connectivity index (χ3n) is 4.24. The maximum atomic E-state index is 12.3. The van der Waals surface area contributed by atoms with E-state index in [-0.39, 0.29) is 6.04 Å². The Labute approximate surface area is 104 Å². The predicted octanol–water partition coefficient (Wildman–Crippen LogP) is 0.713. The molecule has 3 N–H and O–H groups in total. The number of nitrogens with one attached hydrogen (secondary N) is 1. The Morgan fingerprint density at radius 3 is 2.82 bits per heavy atom. The number of rotatable bonds is 2. The summed E-state index contributed by atoms with van der Waals surface area (Å²) in [6, 6.07) is 0.971. The van der Waals surface area contributed by atoms with Gasteiger partial charge >= 0.3 is 0 Å². The second kappa shape index (κ2) is 5.36. The molecule has 2 aliphatic rings. The lowest BCUT2D eigenvalue weighted by molar-refractivity contribution is -0.135. The summed E-state index contributed by atoms with van der Waals surface area (Å²) in [6.45, 7) is 5.99. The highest BCUT2D eigenvalue weighted by Crippen LogP contribution is 2.27. The van der Waals surface area contributed by atoms with E-state index < -0.39 is 0 Å². The van der Waals surface area contributed by atoms with Gasteiger partial charge in [0.15, 0.2) is 0 Å². The van der Waals surface area contributed by atoms with E-state index in [1.807, 2.05) is 4.90 Å². The van der Waals surface area contributed by atoms with Gasteiger partial charge in [-0.15, -0.1) is 0 Å². The van der Waals surface area contributed by atoms with Crippen LogP contribution in [-0.2, 0) is 4.79 Å². The average molecular weight is 239 g/mol. The molecule has 1 saturated carbocycles. The number of carbonyl (C=O) groups is 1. The fourth-order valence-electron chi connectivity index (χ4n) is 3.03. The molecular formula is C13H25N3O. The summed E-state index contributed by atoms with van der Waals surface area (Å²) in [7, 11) is 0. The van der Waals surface area contributed by atoms with Crippen molar-refractivity contribution >= 4 is 5.91 Å². The summed E-state index contributed by atoms with van der Waals surface area (Å²) in [6.07, 6.45) is 4.05. The van der Waals surface area contributed by atoms with Crippen molar-refractivity contribution in [2.75, 3.05) is 13.1 Å². The van der Waals surface area contributed by atoms with Crippen LogP contribution in [0.5, 0.6) is 0 Å². The van der Waals surface area contributed by atoms with Gasteiger partial charge in [-0.05, 0) is 32.6 Å². The minimum Gasteiger partial charge on any atom is -0.337 e. The van der Waals surface area contributed by atoms with Gasteiger partial charge in [0.25, 0.3) is 0 Å². The molecule has 2 rings (SSSR count). The lowest BCUT2D eigenvalue weighted by Gasteiger charge is -2.38. The number of amides is 1. The van der Waals surface area contributed by atoms with Crippen molar-refractivity contribution < 1.29 is 4.79 Å². The molecule has 2 fully saturated rings. The lowest BCUT2D eigenvalue weighted by atomic mass is 9.98. The van der Waals surface area contributed by atoms with Crippen LogP contribution < -0.4 is 11.1 Å². The Morgan fingerprint density at radius 2 is 2.18 bits per heavy atom. The SMILES string of the molecule is CC1CN(C(=O)C[C@@H]2CCC[C@H]2N)C(C)CN1. The van der Waals surface area contributed by atoms with Gasteiger partial charge < -0.3 is 16.0 Å². The number of carbonyl (C=O) groups excluding carboxylic acids is 1. The van der Waals surface area contributed by atoms with Gasteiger partial charge in [-0.3, -0.25) is 4.79 Å². The van der Waals surface area contributed by atoms with Crippen molar-refractivity contribution in [1.82, 2.24) is 10.2 Å². The highest BCUT2D eigenvalue weighted by atomic mass is 16.2. The number of hydrogen-bond donors (Lipinski definition) is 2. The van der Waals surface area contributed by atoms with Crippen molar-refractivity contribution in [1.29, 1.82) is 0 Å². The summed E-state index contributed by atoms with van der Waals surface area (Å²) in [4.78, 5) is 14.3. The Kier molecular flexibility index (Phi) is 4.05. The number of nitrogens with zero attached hydrogens (tertiary/aromatic N) is 1. The van der Waals surface area contributed by atoms with Crippen LogP contribution in [0.1, 0.15) is 39.5 Å². The highest BCUT2D eigenvalue weighted by molar-refractivity contribution is 5.77. The zero-order valence-electron chi connectivity index (χ0n) is 11.0. The molecule has 1 saturated heterocycles. The molecule has 4 heteroatoms. The molecule has 0 aromatic rings. The molecule has 0 radical (unpaired) electrons. The van der Waals surface area contributed by atoms with E-state index >= 15 is 0 Å². The van der Waals surface area contributed by atoms with Crippen molar-refractivity contribution in [3.05, 3.63) is 0 Å². The molecule has 98 valence electrons. The largest absolute Gasteiger partial charge is 0.337 e. The first kappa shape index (κ1) is 12.8. The summed E-state index contributed by atoms with van der Waals surface area (Å²) >= 11 is 0. The minimum atomic E-state index is 0.245. The first-order chi connectivity index (χ1) is 8.08. The van der Waals surface area contributed by atoms with E-state index in [9.17, 15) is 4.79 Å². The molecule has 17 heavy (non-hydrogen) atoms. The second-order valence-corrected chi connectivity index (χ2v) is 5.76. The van der Waals surface area contributed by atoms with Gasteiger partial charge in [0.2, 0.25) is 5.91 Å². The van der Waals surface area contributed by atoms with E-state index in [1.165, 1.54) is 6.42 Å². The van der Waals surface area contributed by atoms with Gasteiger partial charge in [0.05, 0.1) is 0 Å².